The van der Waals surface area contributed by atoms with Gasteiger partial charge in [-0.25, -0.2) is 0 Å². The first-order valence-electron chi connectivity index (χ1n) is 6.98. The molecule has 0 bridgehead atoms. The van der Waals surface area contributed by atoms with Crippen LogP contribution >= 0.6 is 0 Å². The Bertz CT molecular complexity index is 339. The maximum absolute atomic E-state index is 5.55. The Morgan fingerprint density at radius 2 is 1.61 bits per heavy atom. The molecular weight excluding hydrogens is 222 g/mol. The van der Waals surface area contributed by atoms with Gasteiger partial charge in [-0.15, -0.1) is 0 Å². The van der Waals surface area contributed by atoms with Crippen molar-refractivity contribution in [2.24, 2.45) is 5.73 Å². The molecule has 1 aromatic rings. The molecule has 100 valence electrons. The van der Waals surface area contributed by atoms with Crippen LogP contribution in [-0.4, -0.2) is 49.1 Å². The Hall–Kier alpha value is -0.900. The lowest BCUT2D eigenvalue weighted by Crippen LogP contribution is -2.46. The van der Waals surface area contributed by atoms with Crippen LogP contribution in [0.25, 0.3) is 0 Å². The summed E-state index contributed by atoms with van der Waals surface area (Å²) < 4.78 is 0. The van der Waals surface area contributed by atoms with Crippen molar-refractivity contribution < 1.29 is 0 Å². The van der Waals surface area contributed by atoms with Crippen molar-refractivity contribution in [3.05, 3.63) is 35.4 Å². The molecule has 0 spiro atoms. The summed E-state index contributed by atoms with van der Waals surface area (Å²) in [5.74, 6) is 0. The van der Waals surface area contributed by atoms with Crippen LogP contribution in [-0.2, 0) is 6.54 Å². The molecule has 1 heterocycles. The Labute approximate surface area is 111 Å². The number of piperazine rings is 1. The molecule has 18 heavy (non-hydrogen) atoms. The second-order valence-corrected chi connectivity index (χ2v) is 5.25. The monoisotopic (exact) mass is 247 g/mol. The zero-order chi connectivity index (χ0) is 12.8. The lowest BCUT2D eigenvalue weighted by Gasteiger charge is -2.34. The smallest absolute Gasteiger partial charge is 0.0234 e. The highest BCUT2D eigenvalue weighted by atomic mass is 15.3. The van der Waals surface area contributed by atoms with Crippen LogP contribution in [0.2, 0.25) is 0 Å². The lowest BCUT2D eigenvalue weighted by atomic mass is 10.1. The molecule has 2 N–H and O–H groups in total. The summed E-state index contributed by atoms with van der Waals surface area (Å²) in [6.45, 7) is 9.93. The number of hydrogen-bond acceptors (Lipinski definition) is 3. The summed E-state index contributed by atoms with van der Waals surface area (Å²) in [4.78, 5) is 5.07. The maximum Gasteiger partial charge on any atom is 0.0234 e. The van der Waals surface area contributed by atoms with Crippen molar-refractivity contribution in [2.75, 3.05) is 39.3 Å². The molecule has 1 aliphatic rings. The Balaban J connectivity index is 1.74. The molecule has 0 aliphatic carbocycles. The molecule has 0 atom stereocenters. The highest BCUT2D eigenvalue weighted by molar-refractivity contribution is 5.21. The molecule has 1 aromatic carbocycles. The molecular formula is C15H25N3. The van der Waals surface area contributed by atoms with Crippen LogP contribution in [0.5, 0.6) is 0 Å². The first kappa shape index (κ1) is 13.5. The van der Waals surface area contributed by atoms with Crippen molar-refractivity contribution in [3.8, 4) is 0 Å². The Kier molecular flexibility index (Phi) is 5.17. The predicted octanol–water partition coefficient (Wildman–Crippen LogP) is 1.46. The largest absolute Gasteiger partial charge is 0.330 e. The summed E-state index contributed by atoms with van der Waals surface area (Å²) in [7, 11) is 0. The van der Waals surface area contributed by atoms with Crippen molar-refractivity contribution in [2.45, 2.75) is 19.9 Å². The van der Waals surface area contributed by atoms with E-state index >= 15 is 0 Å². The molecule has 0 radical (unpaired) electrons. The molecule has 1 fully saturated rings. The van der Waals surface area contributed by atoms with E-state index in [2.05, 4.69) is 41.0 Å². The number of hydrogen-bond donors (Lipinski definition) is 1. The minimum absolute atomic E-state index is 0.809. The predicted molar refractivity (Wildman–Crippen MR) is 76.6 cm³/mol. The van der Waals surface area contributed by atoms with E-state index in [1.807, 2.05) is 0 Å². The van der Waals surface area contributed by atoms with Crippen LogP contribution in [0, 0.1) is 6.92 Å². The SMILES string of the molecule is Cc1ccc(CN2CCN(CCCN)CC2)cc1. The molecule has 2 rings (SSSR count). The second kappa shape index (κ2) is 6.88. The molecule has 0 saturated carbocycles. The first-order valence-corrected chi connectivity index (χ1v) is 6.98. The average molecular weight is 247 g/mol. The summed E-state index contributed by atoms with van der Waals surface area (Å²) >= 11 is 0. The minimum atomic E-state index is 0.809. The van der Waals surface area contributed by atoms with E-state index in [0.29, 0.717) is 0 Å². The van der Waals surface area contributed by atoms with E-state index in [1.165, 1.54) is 37.3 Å². The summed E-state index contributed by atoms with van der Waals surface area (Å²) in [6.07, 6.45) is 1.12. The first-order chi connectivity index (χ1) is 8.78. The molecule has 0 aromatic heterocycles. The van der Waals surface area contributed by atoms with Gasteiger partial charge in [-0.3, -0.25) is 4.90 Å². The van der Waals surface area contributed by atoms with Gasteiger partial charge >= 0.3 is 0 Å². The maximum atomic E-state index is 5.55. The van der Waals surface area contributed by atoms with Gasteiger partial charge in [0.05, 0.1) is 0 Å². The number of aryl methyl sites for hydroxylation is 1. The average Bonchev–Trinajstić information content (AvgIpc) is 2.41. The fourth-order valence-electron chi connectivity index (χ4n) is 2.44. The van der Waals surface area contributed by atoms with E-state index in [0.717, 1.165) is 26.1 Å². The molecule has 1 saturated heterocycles. The van der Waals surface area contributed by atoms with Crippen LogP contribution in [0.4, 0.5) is 0 Å². The zero-order valence-electron chi connectivity index (χ0n) is 11.4. The summed E-state index contributed by atoms with van der Waals surface area (Å²) in [5, 5.41) is 0. The normalized spacial score (nSPS) is 18.1. The Morgan fingerprint density at radius 1 is 1.00 bits per heavy atom. The third-order valence-electron chi connectivity index (χ3n) is 3.67. The minimum Gasteiger partial charge on any atom is -0.330 e. The summed E-state index contributed by atoms with van der Waals surface area (Å²) in [6, 6.07) is 8.89. The van der Waals surface area contributed by atoms with E-state index in [1.54, 1.807) is 0 Å². The van der Waals surface area contributed by atoms with Gasteiger partial charge in [-0.05, 0) is 32.0 Å². The van der Waals surface area contributed by atoms with Crippen molar-refractivity contribution in [3.63, 3.8) is 0 Å². The van der Waals surface area contributed by atoms with Gasteiger partial charge in [0.1, 0.15) is 0 Å². The van der Waals surface area contributed by atoms with Crippen LogP contribution in [0.1, 0.15) is 17.5 Å². The van der Waals surface area contributed by atoms with Crippen molar-refractivity contribution >= 4 is 0 Å². The highest BCUT2D eigenvalue weighted by Gasteiger charge is 2.16. The van der Waals surface area contributed by atoms with Crippen molar-refractivity contribution in [1.29, 1.82) is 0 Å². The number of nitrogens with zero attached hydrogens (tertiary/aromatic N) is 2. The third-order valence-corrected chi connectivity index (χ3v) is 3.67. The topological polar surface area (TPSA) is 32.5 Å². The van der Waals surface area contributed by atoms with Gasteiger partial charge in [0.25, 0.3) is 0 Å². The third kappa shape index (κ3) is 4.09. The molecule has 3 heteroatoms. The van der Waals surface area contributed by atoms with E-state index in [-0.39, 0.29) is 0 Å². The molecule has 3 nitrogen and oxygen atoms in total. The standard InChI is InChI=1S/C15H25N3/c1-14-3-5-15(6-4-14)13-18-11-9-17(10-12-18)8-2-7-16/h3-6H,2,7-13,16H2,1H3. The fourth-order valence-corrected chi connectivity index (χ4v) is 2.44. The van der Waals surface area contributed by atoms with Crippen molar-refractivity contribution in [1.82, 2.24) is 9.80 Å². The van der Waals surface area contributed by atoms with Gasteiger partial charge in [-0.2, -0.15) is 0 Å². The quantitative estimate of drug-likeness (QED) is 0.855. The second-order valence-electron chi connectivity index (χ2n) is 5.25. The molecule has 1 aliphatic heterocycles. The number of nitrogens with two attached hydrogens (primary N) is 1. The fraction of sp³-hybridized carbons (Fsp3) is 0.600. The van der Waals surface area contributed by atoms with Gasteiger partial charge < -0.3 is 10.6 Å². The van der Waals surface area contributed by atoms with Crippen LogP contribution < -0.4 is 5.73 Å². The van der Waals surface area contributed by atoms with Gasteiger partial charge in [0, 0.05) is 32.7 Å². The van der Waals surface area contributed by atoms with E-state index in [9.17, 15) is 0 Å². The van der Waals surface area contributed by atoms with Gasteiger partial charge in [-0.1, -0.05) is 29.8 Å². The summed E-state index contributed by atoms with van der Waals surface area (Å²) in [5.41, 5.74) is 8.32. The van der Waals surface area contributed by atoms with Gasteiger partial charge in [0.15, 0.2) is 0 Å². The molecule has 0 amide bonds. The number of rotatable bonds is 5. The zero-order valence-corrected chi connectivity index (χ0v) is 11.4. The van der Waals surface area contributed by atoms with E-state index in [4.69, 9.17) is 5.73 Å². The van der Waals surface area contributed by atoms with E-state index < -0.39 is 0 Å². The van der Waals surface area contributed by atoms with Crippen LogP contribution in [0.15, 0.2) is 24.3 Å². The van der Waals surface area contributed by atoms with Crippen LogP contribution in [0.3, 0.4) is 0 Å². The van der Waals surface area contributed by atoms with Gasteiger partial charge in [0.2, 0.25) is 0 Å². The number of benzene rings is 1. The lowest BCUT2D eigenvalue weighted by molar-refractivity contribution is 0.127. The Morgan fingerprint density at radius 3 is 2.22 bits per heavy atom. The highest BCUT2D eigenvalue weighted by Crippen LogP contribution is 2.09. The molecule has 0 unspecified atom stereocenters.